The molecular weight excluding hydrogens is 306 g/mol. The van der Waals surface area contributed by atoms with E-state index in [9.17, 15) is 9.59 Å². The lowest BCUT2D eigenvalue weighted by Crippen LogP contribution is -2.32. The van der Waals surface area contributed by atoms with Gasteiger partial charge in [0.05, 0.1) is 6.21 Å². The third kappa shape index (κ3) is 5.00. The molecule has 24 heavy (non-hydrogen) atoms. The lowest BCUT2D eigenvalue weighted by atomic mass is 10.2. The Morgan fingerprint density at radius 1 is 1.08 bits per heavy atom. The van der Waals surface area contributed by atoms with Gasteiger partial charge in [0.1, 0.15) is 12.4 Å². The highest BCUT2D eigenvalue weighted by Gasteiger charge is 2.12. The Balaban J connectivity index is 1.93. The molecule has 0 spiro atoms. The standard InChI is InChI=1S/C18H15N3O3/c1-2-12-24-16-11-7-6-8-14(16)13-19-21-18(23)17(22)20-15-9-4-3-5-10-15/h1,3-11,13H,12H2,(H,20,22)(H,21,23)/b19-13+. The van der Waals surface area contributed by atoms with Crippen LogP contribution in [-0.4, -0.2) is 24.6 Å². The van der Waals surface area contributed by atoms with Crippen molar-refractivity contribution in [3.63, 3.8) is 0 Å². The topological polar surface area (TPSA) is 79.8 Å². The molecule has 0 bridgehead atoms. The third-order valence-electron chi connectivity index (χ3n) is 2.84. The van der Waals surface area contributed by atoms with Crippen molar-refractivity contribution >= 4 is 23.7 Å². The monoisotopic (exact) mass is 321 g/mol. The molecule has 2 aromatic rings. The minimum absolute atomic E-state index is 0.122. The quantitative estimate of drug-likeness (QED) is 0.381. The first-order chi connectivity index (χ1) is 11.7. The molecular formula is C18H15N3O3. The molecule has 0 aromatic heterocycles. The van der Waals surface area contributed by atoms with Crippen molar-refractivity contribution in [2.24, 2.45) is 5.10 Å². The number of hydrogen-bond donors (Lipinski definition) is 2. The fourth-order valence-electron chi connectivity index (χ4n) is 1.76. The van der Waals surface area contributed by atoms with Gasteiger partial charge in [-0.2, -0.15) is 5.10 Å². The Morgan fingerprint density at radius 3 is 2.54 bits per heavy atom. The molecule has 2 rings (SSSR count). The maximum atomic E-state index is 11.7. The molecule has 6 nitrogen and oxygen atoms in total. The largest absolute Gasteiger partial charge is 0.480 e. The van der Waals surface area contributed by atoms with Gasteiger partial charge < -0.3 is 10.1 Å². The van der Waals surface area contributed by atoms with Crippen LogP contribution in [0.5, 0.6) is 5.75 Å². The minimum Gasteiger partial charge on any atom is -0.480 e. The average Bonchev–Trinajstić information content (AvgIpc) is 2.61. The van der Waals surface area contributed by atoms with Gasteiger partial charge in [-0.1, -0.05) is 36.3 Å². The van der Waals surface area contributed by atoms with E-state index in [2.05, 4.69) is 21.8 Å². The number of rotatable bonds is 5. The summed E-state index contributed by atoms with van der Waals surface area (Å²) in [5.41, 5.74) is 3.30. The molecule has 2 N–H and O–H groups in total. The molecule has 0 saturated heterocycles. The number of hydrogen-bond acceptors (Lipinski definition) is 4. The maximum absolute atomic E-state index is 11.7. The minimum atomic E-state index is -0.878. The number of nitrogens with one attached hydrogen (secondary N) is 2. The molecule has 120 valence electrons. The summed E-state index contributed by atoms with van der Waals surface area (Å²) in [4.78, 5) is 23.4. The molecule has 0 aliphatic carbocycles. The van der Waals surface area contributed by atoms with Crippen LogP contribution in [0, 0.1) is 12.3 Å². The van der Waals surface area contributed by atoms with Gasteiger partial charge in [0.15, 0.2) is 0 Å². The van der Waals surface area contributed by atoms with Gasteiger partial charge in [-0.3, -0.25) is 9.59 Å². The fraction of sp³-hybridized carbons (Fsp3) is 0.0556. The molecule has 2 aromatic carbocycles. The van der Waals surface area contributed by atoms with Crippen LogP contribution in [0.3, 0.4) is 0 Å². The number of hydrazone groups is 1. The fourth-order valence-corrected chi connectivity index (χ4v) is 1.76. The Bertz CT molecular complexity index is 780. The summed E-state index contributed by atoms with van der Waals surface area (Å²) in [5.74, 6) is 1.21. The van der Waals surface area contributed by atoms with Crippen LogP contribution in [0.2, 0.25) is 0 Å². The van der Waals surface area contributed by atoms with E-state index in [0.717, 1.165) is 0 Å². The van der Waals surface area contributed by atoms with Crippen LogP contribution in [0.15, 0.2) is 59.7 Å². The van der Waals surface area contributed by atoms with E-state index < -0.39 is 11.8 Å². The van der Waals surface area contributed by atoms with Gasteiger partial charge in [0.2, 0.25) is 0 Å². The second-order valence-electron chi connectivity index (χ2n) is 4.55. The first kappa shape index (κ1) is 16.8. The zero-order chi connectivity index (χ0) is 17.2. The number of para-hydroxylation sites is 2. The lowest BCUT2D eigenvalue weighted by molar-refractivity contribution is -0.136. The molecule has 0 atom stereocenters. The van der Waals surface area contributed by atoms with Gasteiger partial charge in [0.25, 0.3) is 0 Å². The summed E-state index contributed by atoms with van der Waals surface area (Å²) in [7, 11) is 0. The van der Waals surface area contributed by atoms with Gasteiger partial charge in [-0.15, -0.1) is 6.42 Å². The second kappa shape index (κ2) is 8.76. The van der Waals surface area contributed by atoms with Crippen LogP contribution in [0.1, 0.15) is 5.56 Å². The van der Waals surface area contributed by atoms with Gasteiger partial charge >= 0.3 is 11.8 Å². The highest BCUT2D eigenvalue weighted by atomic mass is 16.5. The van der Waals surface area contributed by atoms with Crippen molar-refractivity contribution in [1.82, 2.24) is 5.43 Å². The van der Waals surface area contributed by atoms with Crippen LogP contribution in [-0.2, 0) is 9.59 Å². The molecule has 0 aliphatic rings. The Morgan fingerprint density at radius 2 is 1.79 bits per heavy atom. The number of ether oxygens (including phenoxy) is 1. The molecule has 0 unspecified atom stereocenters. The average molecular weight is 321 g/mol. The number of carbonyl (C=O) groups excluding carboxylic acids is 2. The highest BCUT2D eigenvalue weighted by molar-refractivity contribution is 6.39. The summed E-state index contributed by atoms with van der Waals surface area (Å²) in [6.07, 6.45) is 6.53. The smallest absolute Gasteiger partial charge is 0.329 e. The lowest BCUT2D eigenvalue weighted by Gasteiger charge is -2.05. The Kier molecular flexibility index (Phi) is 6.12. The first-order valence-electron chi connectivity index (χ1n) is 7.05. The molecule has 0 fully saturated rings. The van der Waals surface area contributed by atoms with Gasteiger partial charge in [-0.25, -0.2) is 5.43 Å². The van der Waals surface area contributed by atoms with Crippen molar-refractivity contribution in [3.05, 3.63) is 60.2 Å². The summed E-state index contributed by atoms with van der Waals surface area (Å²) in [6, 6.07) is 15.7. The number of carbonyl (C=O) groups is 2. The normalized spacial score (nSPS) is 9.96. The van der Waals surface area contributed by atoms with Crippen molar-refractivity contribution in [1.29, 1.82) is 0 Å². The maximum Gasteiger partial charge on any atom is 0.329 e. The molecule has 6 heteroatoms. The summed E-state index contributed by atoms with van der Waals surface area (Å²) in [6.45, 7) is 0.122. The zero-order valence-corrected chi connectivity index (χ0v) is 12.7. The van der Waals surface area contributed by atoms with Crippen molar-refractivity contribution in [2.75, 3.05) is 11.9 Å². The zero-order valence-electron chi connectivity index (χ0n) is 12.7. The van der Waals surface area contributed by atoms with Crippen LogP contribution < -0.4 is 15.5 Å². The second-order valence-corrected chi connectivity index (χ2v) is 4.55. The number of amides is 2. The first-order valence-corrected chi connectivity index (χ1v) is 7.05. The van der Waals surface area contributed by atoms with Crippen molar-refractivity contribution < 1.29 is 14.3 Å². The summed E-state index contributed by atoms with van der Waals surface area (Å²) < 4.78 is 5.35. The third-order valence-corrected chi connectivity index (χ3v) is 2.84. The summed E-state index contributed by atoms with van der Waals surface area (Å²) >= 11 is 0. The molecule has 0 radical (unpaired) electrons. The van der Waals surface area contributed by atoms with E-state index in [0.29, 0.717) is 17.0 Å². The van der Waals surface area contributed by atoms with Crippen LogP contribution >= 0.6 is 0 Å². The number of nitrogens with zero attached hydrogens (tertiary/aromatic N) is 1. The van der Waals surface area contributed by atoms with Crippen LogP contribution in [0.4, 0.5) is 5.69 Å². The van der Waals surface area contributed by atoms with E-state index in [4.69, 9.17) is 11.2 Å². The number of benzene rings is 2. The molecule has 0 heterocycles. The Labute approximate surface area is 139 Å². The number of anilines is 1. The predicted octanol–water partition coefficient (Wildman–Crippen LogP) is 1.79. The van der Waals surface area contributed by atoms with Gasteiger partial charge in [-0.05, 0) is 24.3 Å². The van der Waals surface area contributed by atoms with Crippen molar-refractivity contribution in [2.45, 2.75) is 0 Å². The van der Waals surface area contributed by atoms with E-state index in [1.54, 1.807) is 54.6 Å². The molecule has 0 aliphatic heterocycles. The summed E-state index contributed by atoms with van der Waals surface area (Å²) in [5, 5.41) is 6.21. The van der Waals surface area contributed by atoms with E-state index >= 15 is 0 Å². The molecule has 0 saturated carbocycles. The Hall–Kier alpha value is -3.59. The molecule has 2 amide bonds. The SMILES string of the molecule is C#CCOc1ccccc1/C=N/NC(=O)C(=O)Nc1ccccc1. The van der Waals surface area contributed by atoms with E-state index in [1.807, 2.05) is 0 Å². The highest BCUT2D eigenvalue weighted by Crippen LogP contribution is 2.15. The van der Waals surface area contributed by atoms with E-state index in [1.165, 1.54) is 6.21 Å². The van der Waals surface area contributed by atoms with Gasteiger partial charge in [0, 0.05) is 11.3 Å². The van der Waals surface area contributed by atoms with E-state index in [-0.39, 0.29) is 6.61 Å². The van der Waals surface area contributed by atoms with Crippen molar-refractivity contribution in [3.8, 4) is 18.1 Å². The van der Waals surface area contributed by atoms with Crippen LogP contribution in [0.25, 0.3) is 0 Å². The number of terminal acetylenes is 1. The predicted molar refractivity (Wildman–Crippen MR) is 91.6 cm³/mol.